The Bertz CT molecular complexity index is 1140. The van der Waals surface area contributed by atoms with Crippen LogP contribution >= 0.6 is 0 Å². The topological polar surface area (TPSA) is 92.6 Å². The fraction of sp³-hybridized carbons (Fsp3) is 0.182. The monoisotopic (exact) mass is 389 g/mol. The molecule has 1 aliphatic heterocycles. The van der Waals surface area contributed by atoms with Gasteiger partial charge in [-0.3, -0.25) is 19.7 Å². The van der Waals surface area contributed by atoms with Crippen LogP contribution in [0, 0.1) is 23.0 Å². The minimum Gasteiger partial charge on any atom is -0.325 e. The van der Waals surface area contributed by atoms with E-state index in [1.54, 1.807) is 19.1 Å². The molecule has 29 heavy (non-hydrogen) atoms. The third-order valence-electron chi connectivity index (χ3n) is 5.24. The van der Waals surface area contributed by atoms with E-state index in [1.165, 1.54) is 11.0 Å². The number of nitrogens with one attached hydrogen (secondary N) is 1. The number of hydrogen-bond donors (Lipinski definition) is 1. The molecule has 7 heteroatoms. The summed E-state index contributed by atoms with van der Waals surface area (Å²) in [5, 5.41) is 16.1. The average Bonchev–Trinajstić information content (AvgIpc) is 3.10. The lowest BCUT2D eigenvalue weighted by atomic mass is 10.1. The number of anilines is 2. The first-order chi connectivity index (χ1) is 13.9. The van der Waals surface area contributed by atoms with Gasteiger partial charge in [-0.05, 0) is 24.4 Å². The molecule has 1 saturated heterocycles. The molecular formula is C22H19N3O4. The van der Waals surface area contributed by atoms with Crippen LogP contribution in [0.1, 0.15) is 12.0 Å². The molecule has 7 nitrogen and oxygen atoms in total. The average molecular weight is 389 g/mol. The fourth-order valence-corrected chi connectivity index (χ4v) is 3.66. The predicted octanol–water partition coefficient (Wildman–Crippen LogP) is 4.05. The van der Waals surface area contributed by atoms with E-state index in [0.29, 0.717) is 16.9 Å². The molecule has 1 N–H and O–H groups in total. The highest BCUT2D eigenvalue weighted by atomic mass is 16.6. The summed E-state index contributed by atoms with van der Waals surface area (Å²) >= 11 is 0. The number of amides is 2. The van der Waals surface area contributed by atoms with Crippen molar-refractivity contribution in [3.05, 3.63) is 76.3 Å². The third-order valence-corrected chi connectivity index (χ3v) is 5.24. The van der Waals surface area contributed by atoms with Crippen LogP contribution in [0.2, 0.25) is 0 Å². The smallest absolute Gasteiger partial charge is 0.274 e. The van der Waals surface area contributed by atoms with Gasteiger partial charge in [-0.2, -0.15) is 0 Å². The standard InChI is InChI=1S/C22H19N3O4/c1-14-9-10-17(12-20(14)25(28)29)24-13-16(11-21(24)26)22(27)23-19-8-4-6-15-5-2-3-7-18(15)19/h2-10,12,16H,11,13H2,1H3,(H,23,27)/t16-/m0/s1. The summed E-state index contributed by atoms with van der Waals surface area (Å²) < 4.78 is 0. The largest absolute Gasteiger partial charge is 0.325 e. The van der Waals surface area contributed by atoms with Gasteiger partial charge in [0.15, 0.2) is 0 Å². The molecule has 0 saturated carbocycles. The van der Waals surface area contributed by atoms with Crippen molar-refractivity contribution in [3.8, 4) is 0 Å². The Balaban J connectivity index is 1.54. The first kappa shape index (κ1) is 18.6. The summed E-state index contributed by atoms with van der Waals surface area (Å²) in [6, 6.07) is 18.1. The summed E-state index contributed by atoms with van der Waals surface area (Å²) in [6.07, 6.45) is 0.0677. The Morgan fingerprint density at radius 3 is 2.69 bits per heavy atom. The van der Waals surface area contributed by atoms with E-state index >= 15 is 0 Å². The normalized spacial score (nSPS) is 16.2. The van der Waals surface area contributed by atoms with E-state index in [4.69, 9.17) is 0 Å². The van der Waals surface area contributed by atoms with Crippen LogP contribution in [0.25, 0.3) is 10.8 Å². The molecule has 1 atom stereocenters. The zero-order valence-corrected chi connectivity index (χ0v) is 15.8. The molecule has 0 spiro atoms. The van der Waals surface area contributed by atoms with E-state index in [1.807, 2.05) is 42.5 Å². The van der Waals surface area contributed by atoms with Gasteiger partial charge in [0.05, 0.1) is 16.5 Å². The molecule has 0 aliphatic carbocycles. The van der Waals surface area contributed by atoms with Crippen LogP contribution in [0.5, 0.6) is 0 Å². The highest BCUT2D eigenvalue weighted by Crippen LogP contribution is 2.31. The number of nitrogens with zero attached hydrogens (tertiary/aromatic N) is 2. The summed E-state index contributed by atoms with van der Waals surface area (Å²) in [7, 11) is 0. The number of nitro benzene ring substituents is 1. The molecule has 3 aromatic carbocycles. The van der Waals surface area contributed by atoms with Crippen molar-refractivity contribution in [2.75, 3.05) is 16.8 Å². The van der Waals surface area contributed by atoms with Crippen molar-refractivity contribution in [2.45, 2.75) is 13.3 Å². The Morgan fingerprint density at radius 2 is 1.90 bits per heavy atom. The van der Waals surface area contributed by atoms with Gasteiger partial charge in [0.1, 0.15) is 0 Å². The minimum absolute atomic E-state index is 0.0426. The maximum absolute atomic E-state index is 12.8. The van der Waals surface area contributed by atoms with Crippen molar-refractivity contribution in [3.63, 3.8) is 0 Å². The third kappa shape index (κ3) is 3.54. The summed E-state index contributed by atoms with van der Waals surface area (Å²) in [6.45, 7) is 1.84. The number of carbonyl (C=O) groups excluding carboxylic acids is 2. The lowest BCUT2D eigenvalue weighted by Crippen LogP contribution is -2.28. The molecule has 4 rings (SSSR count). The Morgan fingerprint density at radius 1 is 1.14 bits per heavy atom. The SMILES string of the molecule is Cc1ccc(N2C[C@@H](C(=O)Nc3cccc4ccccc34)CC2=O)cc1[N+](=O)[O-]. The maximum Gasteiger partial charge on any atom is 0.274 e. The van der Waals surface area contributed by atoms with E-state index < -0.39 is 10.8 Å². The van der Waals surface area contributed by atoms with Crippen LogP contribution in [0.15, 0.2) is 60.7 Å². The Hall–Kier alpha value is -3.74. The number of carbonyl (C=O) groups is 2. The van der Waals surface area contributed by atoms with Gasteiger partial charge in [0.25, 0.3) is 5.69 Å². The van der Waals surface area contributed by atoms with Gasteiger partial charge < -0.3 is 10.2 Å². The molecule has 3 aromatic rings. The number of rotatable bonds is 4. The minimum atomic E-state index is -0.526. The van der Waals surface area contributed by atoms with Crippen molar-refractivity contribution < 1.29 is 14.5 Å². The first-order valence-electron chi connectivity index (χ1n) is 9.28. The van der Waals surface area contributed by atoms with E-state index in [-0.39, 0.29) is 30.5 Å². The van der Waals surface area contributed by atoms with Crippen LogP contribution < -0.4 is 10.2 Å². The highest BCUT2D eigenvalue weighted by molar-refractivity contribution is 6.07. The van der Waals surface area contributed by atoms with Crippen LogP contribution in [0.3, 0.4) is 0 Å². The second-order valence-electron chi connectivity index (χ2n) is 7.15. The van der Waals surface area contributed by atoms with Gasteiger partial charge in [-0.1, -0.05) is 42.5 Å². The number of hydrogen-bond acceptors (Lipinski definition) is 4. The Labute approximate surface area is 167 Å². The number of benzene rings is 3. The van der Waals surface area contributed by atoms with E-state index in [2.05, 4.69) is 5.32 Å². The van der Waals surface area contributed by atoms with Crippen LogP contribution in [0.4, 0.5) is 17.1 Å². The van der Waals surface area contributed by atoms with E-state index in [9.17, 15) is 19.7 Å². The van der Waals surface area contributed by atoms with Crippen LogP contribution in [-0.4, -0.2) is 23.3 Å². The number of aryl methyl sites for hydroxylation is 1. The van der Waals surface area contributed by atoms with E-state index in [0.717, 1.165) is 10.8 Å². The molecule has 2 amide bonds. The molecular weight excluding hydrogens is 370 g/mol. The molecule has 146 valence electrons. The molecule has 1 fully saturated rings. The molecule has 0 bridgehead atoms. The maximum atomic E-state index is 12.8. The summed E-state index contributed by atoms with van der Waals surface area (Å²) in [5.74, 6) is -0.984. The number of fused-ring (bicyclic) bond motifs is 1. The zero-order chi connectivity index (χ0) is 20.5. The van der Waals surface area contributed by atoms with Crippen LogP contribution in [-0.2, 0) is 9.59 Å². The second-order valence-corrected chi connectivity index (χ2v) is 7.15. The van der Waals surface area contributed by atoms with Crippen molar-refractivity contribution in [1.82, 2.24) is 0 Å². The lowest BCUT2D eigenvalue weighted by molar-refractivity contribution is -0.385. The second kappa shape index (κ2) is 7.35. The highest BCUT2D eigenvalue weighted by Gasteiger charge is 2.36. The zero-order valence-electron chi connectivity index (χ0n) is 15.8. The van der Waals surface area contributed by atoms with Gasteiger partial charge in [0.2, 0.25) is 11.8 Å². The molecule has 0 unspecified atom stereocenters. The molecule has 0 aromatic heterocycles. The van der Waals surface area contributed by atoms with Gasteiger partial charge >= 0.3 is 0 Å². The molecule has 0 radical (unpaired) electrons. The van der Waals surface area contributed by atoms with Crippen molar-refractivity contribution in [2.24, 2.45) is 5.92 Å². The summed E-state index contributed by atoms with van der Waals surface area (Å²) in [5.41, 5.74) is 1.62. The van der Waals surface area contributed by atoms with Gasteiger partial charge in [-0.25, -0.2) is 0 Å². The quantitative estimate of drug-likeness (QED) is 0.538. The fourth-order valence-electron chi connectivity index (χ4n) is 3.66. The van der Waals surface area contributed by atoms with Crippen molar-refractivity contribution in [1.29, 1.82) is 0 Å². The lowest BCUT2D eigenvalue weighted by Gasteiger charge is -2.17. The Kier molecular flexibility index (Phi) is 4.72. The first-order valence-corrected chi connectivity index (χ1v) is 9.28. The summed E-state index contributed by atoms with van der Waals surface area (Å²) in [4.78, 5) is 37.5. The molecule has 1 aliphatic rings. The predicted molar refractivity (Wildman–Crippen MR) is 111 cm³/mol. The molecule has 1 heterocycles. The van der Waals surface area contributed by atoms with Gasteiger partial charge in [-0.15, -0.1) is 0 Å². The number of nitro groups is 1. The van der Waals surface area contributed by atoms with Gasteiger partial charge in [0, 0.05) is 35.7 Å². The van der Waals surface area contributed by atoms with Crippen molar-refractivity contribution >= 4 is 39.6 Å².